The average Bonchev–Trinajstić information content (AvgIpc) is 2.76. The molecule has 0 saturated heterocycles. The van der Waals surface area contributed by atoms with E-state index in [-0.39, 0.29) is 22.5 Å². The van der Waals surface area contributed by atoms with Gasteiger partial charge in [0.1, 0.15) is 11.5 Å². The van der Waals surface area contributed by atoms with Gasteiger partial charge in [0.2, 0.25) is 0 Å². The molecule has 1 amide bonds. The van der Waals surface area contributed by atoms with Crippen LogP contribution >= 0.6 is 0 Å². The molecular formula is C34H51NO4. The van der Waals surface area contributed by atoms with Gasteiger partial charge >= 0.3 is 5.97 Å². The number of hydrogen-bond acceptors (Lipinski definition) is 4. The molecule has 0 aliphatic heterocycles. The Bertz CT molecular complexity index is 1150. The maximum atomic E-state index is 13.9. The number of carbonyl (C=O) groups is 2. The van der Waals surface area contributed by atoms with E-state index in [0.29, 0.717) is 41.1 Å². The summed E-state index contributed by atoms with van der Waals surface area (Å²) in [6.45, 7) is 29.7. The second-order valence-electron chi connectivity index (χ2n) is 14.7. The zero-order valence-corrected chi connectivity index (χ0v) is 26.8. The van der Waals surface area contributed by atoms with E-state index >= 15 is 0 Å². The third-order valence-corrected chi connectivity index (χ3v) is 7.16. The number of ether oxygens (including phenoxy) is 1. The van der Waals surface area contributed by atoms with Crippen molar-refractivity contribution in [1.29, 1.82) is 0 Å². The molecule has 39 heavy (non-hydrogen) atoms. The first-order valence-corrected chi connectivity index (χ1v) is 14.1. The Morgan fingerprint density at radius 1 is 0.641 bits per heavy atom. The minimum Gasteiger partial charge on any atom is -0.507 e. The third-order valence-electron chi connectivity index (χ3n) is 7.16. The van der Waals surface area contributed by atoms with Crippen molar-refractivity contribution in [3.63, 3.8) is 0 Å². The van der Waals surface area contributed by atoms with Crippen LogP contribution in [0.2, 0.25) is 0 Å². The minimum atomic E-state index is -0.482. The van der Waals surface area contributed by atoms with E-state index < -0.39 is 16.8 Å². The van der Waals surface area contributed by atoms with Crippen LogP contribution < -0.4 is 4.74 Å². The number of aromatic hydroxyl groups is 1. The molecule has 0 atom stereocenters. The van der Waals surface area contributed by atoms with Gasteiger partial charge in [-0.25, -0.2) is 4.79 Å². The second-order valence-corrected chi connectivity index (χ2v) is 14.7. The maximum absolute atomic E-state index is 13.9. The molecule has 0 heterocycles. The molecule has 0 aliphatic rings. The highest BCUT2D eigenvalue weighted by molar-refractivity contribution is 5.96. The molecule has 0 saturated carbocycles. The van der Waals surface area contributed by atoms with Crippen molar-refractivity contribution in [1.82, 2.24) is 4.90 Å². The fourth-order valence-corrected chi connectivity index (χ4v) is 4.72. The lowest BCUT2D eigenvalue weighted by Gasteiger charge is -2.31. The molecule has 2 aromatic carbocycles. The molecule has 0 aromatic heterocycles. The molecule has 2 aromatic rings. The summed E-state index contributed by atoms with van der Waals surface area (Å²) in [6.07, 6.45) is 0. The summed E-state index contributed by atoms with van der Waals surface area (Å²) in [5.74, 6) is 0.206. The fourth-order valence-electron chi connectivity index (χ4n) is 4.72. The highest BCUT2D eigenvalue weighted by Crippen LogP contribution is 2.43. The van der Waals surface area contributed by atoms with Crippen LogP contribution in [0.1, 0.15) is 140 Å². The Balaban J connectivity index is 2.83. The molecular weight excluding hydrogens is 486 g/mol. The van der Waals surface area contributed by atoms with E-state index in [1.165, 1.54) is 0 Å². The van der Waals surface area contributed by atoms with E-state index in [9.17, 15) is 14.7 Å². The zero-order valence-electron chi connectivity index (χ0n) is 26.8. The van der Waals surface area contributed by atoms with Crippen molar-refractivity contribution >= 4 is 11.9 Å². The molecule has 0 fully saturated rings. The largest absolute Gasteiger partial charge is 0.507 e. The van der Waals surface area contributed by atoms with Crippen LogP contribution in [-0.4, -0.2) is 35.0 Å². The molecule has 0 unspecified atom stereocenters. The molecule has 2 rings (SSSR count). The summed E-state index contributed by atoms with van der Waals surface area (Å²) in [5.41, 5.74) is 2.49. The van der Waals surface area contributed by atoms with Crippen LogP contribution in [-0.2, 0) is 21.7 Å². The number of carbonyl (C=O) groups excluding carboxylic acids is 2. The number of nitrogens with zero attached hydrogens (tertiary/aromatic N) is 1. The van der Waals surface area contributed by atoms with Gasteiger partial charge in [0.05, 0.1) is 5.56 Å². The van der Waals surface area contributed by atoms with Gasteiger partial charge in [-0.3, -0.25) is 4.79 Å². The maximum Gasteiger partial charge on any atom is 0.343 e. The smallest absolute Gasteiger partial charge is 0.343 e. The van der Waals surface area contributed by atoms with Crippen LogP contribution in [0.3, 0.4) is 0 Å². The SMILES string of the molecule is CCN(CC)C(=O)c1cc(C(C)(C)C)c(OC(=O)c2cc(C(C)(C)C)c(O)c(C(C)(C)C)c2)c(C(C)(C)C)c1. The first-order chi connectivity index (χ1) is 17.5. The highest BCUT2D eigenvalue weighted by atomic mass is 16.5. The van der Waals surface area contributed by atoms with Gasteiger partial charge in [0, 0.05) is 40.9 Å². The van der Waals surface area contributed by atoms with Crippen molar-refractivity contribution in [2.75, 3.05) is 13.1 Å². The Morgan fingerprint density at radius 3 is 1.28 bits per heavy atom. The number of amides is 1. The van der Waals surface area contributed by atoms with Crippen LogP contribution in [0.5, 0.6) is 11.5 Å². The molecule has 5 heteroatoms. The van der Waals surface area contributed by atoms with E-state index in [1.54, 1.807) is 17.0 Å². The number of hydrogen-bond donors (Lipinski definition) is 1. The number of esters is 1. The van der Waals surface area contributed by atoms with Gasteiger partial charge in [-0.05, 0) is 59.8 Å². The summed E-state index contributed by atoms with van der Waals surface area (Å²) in [7, 11) is 0. The quantitative estimate of drug-likeness (QED) is 0.308. The van der Waals surface area contributed by atoms with Crippen LogP contribution in [0.15, 0.2) is 24.3 Å². The number of rotatable bonds is 5. The summed E-state index contributed by atoms with van der Waals surface area (Å²) >= 11 is 0. The van der Waals surface area contributed by atoms with E-state index in [4.69, 9.17) is 4.74 Å². The third kappa shape index (κ3) is 7.23. The molecule has 0 spiro atoms. The normalized spacial score (nSPS) is 12.9. The van der Waals surface area contributed by atoms with Crippen molar-refractivity contribution in [2.24, 2.45) is 0 Å². The summed E-state index contributed by atoms with van der Waals surface area (Å²) < 4.78 is 6.29. The standard InChI is InChI=1S/C34H51NO4/c1-15-35(16-2)29(37)21-17-25(33(9,10)11)28(26(18-21)34(12,13)14)39-30(38)22-19-23(31(3,4)5)27(36)24(20-22)32(6,7)8/h17-20,36H,15-16H2,1-14H3. The molecule has 0 bridgehead atoms. The lowest BCUT2D eigenvalue weighted by molar-refractivity contribution is 0.0728. The summed E-state index contributed by atoms with van der Waals surface area (Å²) in [6, 6.07) is 7.27. The molecule has 0 radical (unpaired) electrons. The molecule has 0 aliphatic carbocycles. The van der Waals surface area contributed by atoms with Crippen molar-refractivity contribution in [2.45, 2.75) is 119 Å². The van der Waals surface area contributed by atoms with Crippen molar-refractivity contribution in [3.05, 3.63) is 57.6 Å². The molecule has 216 valence electrons. The van der Waals surface area contributed by atoms with Gasteiger partial charge in [-0.1, -0.05) is 83.1 Å². The monoisotopic (exact) mass is 537 g/mol. The lowest BCUT2D eigenvalue weighted by Crippen LogP contribution is -2.31. The Labute approximate surface area is 237 Å². The molecule has 1 N–H and O–H groups in total. The van der Waals surface area contributed by atoms with Crippen LogP contribution in [0, 0.1) is 0 Å². The number of phenols is 1. The zero-order chi connectivity index (χ0) is 30.3. The van der Waals surface area contributed by atoms with Crippen molar-refractivity contribution < 1.29 is 19.4 Å². The van der Waals surface area contributed by atoms with Gasteiger partial charge in [0.15, 0.2) is 0 Å². The minimum absolute atomic E-state index is 0.0305. The van der Waals surface area contributed by atoms with Crippen LogP contribution in [0.4, 0.5) is 0 Å². The number of benzene rings is 2. The average molecular weight is 538 g/mol. The van der Waals surface area contributed by atoms with E-state index in [1.807, 2.05) is 67.5 Å². The Kier molecular flexibility index (Phi) is 9.12. The predicted molar refractivity (Wildman–Crippen MR) is 162 cm³/mol. The van der Waals surface area contributed by atoms with Gasteiger partial charge < -0.3 is 14.7 Å². The predicted octanol–water partition coefficient (Wildman–Crippen LogP) is 8.28. The van der Waals surface area contributed by atoms with Gasteiger partial charge in [-0.2, -0.15) is 0 Å². The second kappa shape index (κ2) is 11.0. The Morgan fingerprint density at radius 2 is 0.974 bits per heavy atom. The van der Waals surface area contributed by atoms with Crippen molar-refractivity contribution in [3.8, 4) is 11.5 Å². The lowest BCUT2D eigenvalue weighted by atomic mass is 9.78. The van der Waals surface area contributed by atoms with E-state index in [2.05, 4.69) is 41.5 Å². The molecule has 5 nitrogen and oxygen atoms in total. The first-order valence-electron chi connectivity index (χ1n) is 14.1. The van der Waals surface area contributed by atoms with E-state index in [0.717, 1.165) is 11.1 Å². The highest BCUT2D eigenvalue weighted by Gasteiger charge is 2.33. The summed E-state index contributed by atoms with van der Waals surface area (Å²) in [4.78, 5) is 29.1. The fraction of sp³-hybridized carbons (Fsp3) is 0.588. The van der Waals surface area contributed by atoms with Gasteiger partial charge in [-0.15, -0.1) is 0 Å². The first kappa shape index (κ1) is 32.4. The summed E-state index contributed by atoms with van der Waals surface area (Å²) in [5, 5.41) is 11.1. The van der Waals surface area contributed by atoms with Crippen LogP contribution in [0.25, 0.3) is 0 Å². The topological polar surface area (TPSA) is 66.8 Å². The van der Waals surface area contributed by atoms with Gasteiger partial charge in [0.25, 0.3) is 5.91 Å². The number of phenolic OH excluding ortho intramolecular Hbond substituents is 1. The Hall–Kier alpha value is -2.82.